The average Bonchev–Trinajstić information content (AvgIpc) is 2.53. The van der Waals surface area contributed by atoms with Crippen LogP contribution < -0.4 is 9.47 Å². The van der Waals surface area contributed by atoms with E-state index in [1.165, 1.54) is 0 Å². The van der Waals surface area contributed by atoms with E-state index < -0.39 is 0 Å². The Hall–Kier alpha value is -2.14. The first-order valence-electron chi connectivity index (χ1n) is 6.19. The number of aldehydes is 1. The molecule has 0 heterocycles. The van der Waals surface area contributed by atoms with E-state index in [4.69, 9.17) is 9.47 Å². The maximum atomic E-state index is 12.1. The number of halogens is 1. The monoisotopic (exact) mass is 348 g/mol. The molecule has 5 heteroatoms. The highest BCUT2D eigenvalue weighted by Gasteiger charge is 2.10. The molecule has 0 aromatic heterocycles. The Morgan fingerprint density at radius 2 is 1.90 bits per heavy atom. The number of ketones is 1. The van der Waals surface area contributed by atoms with Gasteiger partial charge >= 0.3 is 0 Å². The minimum absolute atomic E-state index is 0.0702. The summed E-state index contributed by atoms with van der Waals surface area (Å²) in [5.74, 6) is 1.07. The van der Waals surface area contributed by atoms with Gasteiger partial charge in [0.1, 0.15) is 17.8 Å². The fraction of sp³-hybridized carbons (Fsp3) is 0.125. The molecular weight excluding hydrogens is 336 g/mol. The lowest BCUT2D eigenvalue weighted by Crippen LogP contribution is -2.11. The maximum Gasteiger partial charge on any atom is 0.200 e. The Labute approximate surface area is 130 Å². The van der Waals surface area contributed by atoms with Crippen LogP contribution in [-0.4, -0.2) is 25.8 Å². The molecule has 0 aliphatic carbocycles. The third kappa shape index (κ3) is 3.92. The van der Waals surface area contributed by atoms with Gasteiger partial charge in [0.2, 0.25) is 0 Å². The Morgan fingerprint density at radius 3 is 2.48 bits per heavy atom. The zero-order chi connectivity index (χ0) is 15.2. The van der Waals surface area contributed by atoms with Crippen molar-refractivity contribution < 1.29 is 19.1 Å². The first kappa shape index (κ1) is 15.3. The summed E-state index contributed by atoms with van der Waals surface area (Å²) in [5.41, 5.74) is 1.10. The van der Waals surface area contributed by atoms with Gasteiger partial charge in [0.05, 0.1) is 11.6 Å². The molecule has 2 rings (SSSR count). The number of Topliss-reactive ketones (excluding diaryl/α,β-unsaturated/α-hetero) is 1. The summed E-state index contributed by atoms with van der Waals surface area (Å²) in [5, 5.41) is 0. The molecule has 0 amide bonds. The first-order chi connectivity index (χ1) is 10.1. The van der Waals surface area contributed by atoms with Crippen molar-refractivity contribution in [3.8, 4) is 11.5 Å². The minimum atomic E-state index is -0.141. The van der Waals surface area contributed by atoms with Crippen LogP contribution in [0.1, 0.15) is 20.7 Å². The van der Waals surface area contributed by atoms with Crippen LogP contribution in [0.2, 0.25) is 0 Å². The second-order valence-electron chi connectivity index (χ2n) is 4.25. The molecule has 0 unspecified atom stereocenters. The number of carbonyl (C=O) groups excluding carboxylic acids is 2. The Morgan fingerprint density at radius 1 is 1.19 bits per heavy atom. The van der Waals surface area contributed by atoms with Crippen molar-refractivity contribution in [2.24, 2.45) is 0 Å². The number of benzene rings is 2. The number of hydrogen-bond acceptors (Lipinski definition) is 4. The minimum Gasteiger partial charge on any atom is -0.496 e. The first-order valence-corrected chi connectivity index (χ1v) is 6.98. The van der Waals surface area contributed by atoms with Gasteiger partial charge in [-0.3, -0.25) is 9.59 Å². The fourth-order valence-corrected chi connectivity index (χ4v) is 2.26. The third-order valence-electron chi connectivity index (χ3n) is 2.86. The standard InChI is InChI=1S/C16H13BrO4/c1-20-16-7-4-12(8-14(16)17)15(19)10-21-13-5-2-11(9-18)3-6-13/h2-9H,10H2,1H3. The molecule has 108 valence electrons. The van der Waals surface area contributed by atoms with Gasteiger partial charge < -0.3 is 9.47 Å². The number of hydrogen-bond donors (Lipinski definition) is 0. The largest absolute Gasteiger partial charge is 0.496 e. The van der Waals surface area contributed by atoms with Gasteiger partial charge in [-0.15, -0.1) is 0 Å². The van der Waals surface area contributed by atoms with Crippen molar-refractivity contribution in [1.29, 1.82) is 0 Å². The van der Waals surface area contributed by atoms with Crippen LogP contribution in [0.4, 0.5) is 0 Å². The van der Waals surface area contributed by atoms with Crippen LogP contribution in [0.3, 0.4) is 0 Å². The van der Waals surface area contributed by atoms with Crippen molar-refractivity contribution in [2.75, 3.05) is 13.7 Å². The van der Waals surface area contributed by atoms with Gasteiger partial charge in [0.15, 0.2) is 12.4 Å². The number of ether oxygens (including phenoxy) is 2. The number of methoxy groups -OCH3 is 1. The molecule has 0 saturated heterocycles. The molecule has 0 radical (unpaired) electrons. The third-order valence-corrected chi connectivity index (χ3v) is 3.48. The van der Waals surface area contributed by atoms with Gasteiger partial charge in [-0.25, -0.2) is 0 Å². The number of carbonyl (C=O) groups is 2. The SMILES string of the molecule is COc1ccc(C(=O)COc2ccc(C=O)cc2)cc1Br. The van der Waals surface area contributed by atoms with Crippen LogP contribution >= 0.6 is 15.9 Å². The smallest absolute Gasteiger partial charge is 0.200 e. The van der Waals surface area contributed by atoms with E-state index in [0.29, 0.717) is 27.1 Å². The van der Waals surface area contributed by atoms with E-state index in [-0.39, 0.29) is 12.4 Å². The highest BCUT2D eigenvalue weighted by molar-refractivity contribution is 9.10. The van der Waals surface area contributed by atoms with Gasteiger partial charge in [0, 0.05) is 11.1 Å². The van der Waals surface area contributed by atoms with Gasteiger partial charge in [-0.05, 0) is 58.4 Å². The molecule has 0 aliphatic heterocycles. The van der Waals surface area contributed by atoms with Crippen LogP contribution in [0.25, 0.3) is 0 Å². The van der Waals surface area contributed by atoms with Crippen molar-refractivity contribution in [2.45, 2.75) is 0 Å². The zero-order valence-corrected chi connectivity index (χ0v) is 12.9. The summed E-state index contributed by atoms with van der Waals surface area (Å²) in [7, 11) is 1.56. The summed E-state index contributed by atoms with van der Waals surface area (Å²) >= 11 is 3.34. The predicted molar refractivity (Wildman–Crippen MR) is 82.3 cm³/mol. The summed E-state index contributed by atoms with van der Waals surface area (Å²) in [6.45, 7) is -0.0702. The van der Waals surface area contributed by atoms with Crippen LogP contribution in [-0.2, 0) is 0 Å². The molecular formula is C16H13BrO4. The summed E-state index contributed by atoms with van der Waals surface area (Å²) < 4.78 is 11.2. The van der Waals surface area contributed by atoms with Gasteiger partial charge in [-0.1, -0.05) is 0 Å². The van der Waals surface area contributed by atoms with Crippen molar-refractivity contribution in [3.05, 3.63) is 58.1 Å². The molecule has 0 spiro atoms. The molecule has 0 saturated carbocycles. The van der Waals surface area contributed by atoms with Crippen LogP contribution in [0.5, 0.6) is 11.5 Å². The zero-order valence-electron chi connectivity index (χ0n) is 11.3. The molecule has 0 fully saturated rings. The van der Waals surface area contributed by atoms with Crippen LogP contribution in [0.15, 0.2) is 46.9 Å². The van der Waals surface area contributed by atoms with Gasteiger partial charge in [0.25, 0.3) is 0 Å². The lowest BCUT2D eigenvalue weighted by atomic mass is 10.1. The topological polar surface area (TPSA) is 52.6 Å². The molecule has 0 bridgehead atoms. The predicted octanol–water partition coefficient (Wildman–Crippen LogP) is 3.53. The lowest BCUT2D eigenvalue weighted by Gasteiger charge is -2.07. The quantitative estimate of drug-likeness (QED) is 0.591. The Bertz CT molecular complexity index is 650. The second-order valence-corrected chi connectivity index (χ2v) is 5.10. The highest BCUT2D eigenvalue weighted by Crippen LogP contribution is 2.25. The lowest BCUT2D eigenvalue weighted by molar-refractivity contribution is 0.0921. The molecule has 0 atom stereocenters. The maximum absolute atomic E-state index is 12.1. The molecule has 21 heavy (non-hydrogen) atoms. The molecule has 2 aromatic rings. The second kappa shape index (κ2) is 7.04. The van der Waals surface area contributed by atoms with E-state index in [1.54, 1.807) is 49.6 Å². The van der Waals surface area contributed by atoms with E-state index in [2.05, 4.69) is 15.9 Å². The van der Waals surface area contributed by atoms with E-state index >= 15 is 0 Å². The summed E-state index contributed by atoms with van der Waals surface area (Å²) in [6, 6.07) is 11.7. The Balaban J connectivity index is 2.00. The molecule has 2 aromatic carbocycles. The van der Waals surface area contributed by atoms with E-state index in [0.717, 1.165) is 6.29 Å². The molecule has 0 N–H and O–H groups in total. The molecule has 0 aliphatic rings. The summed E-state index contributed by atoms with van der Waals surface area (Å²) in [6.07, 6.45) is 0.754. The number of rotatable bonds is 6. The van der Waals surface area contributed by atoms with E-state index in [1.807, 2.05) is 0 Å². The van der Waals surface area contributed by atoms with Crippen LogP contribution in [0, 0.1) is 0 Å². The van der Waals surface area contributed by atoms with Gasteiger partial charge in [-0.2, -0.15) is 0 Å². The average molecular weight is 349 g/mol. The van der Waals surface area contributed by atoms with Crippen molar-refractivity contribution in [3.63, 3.8) is 0 Å². The van der Waals surface area contributed by atoms with E-state index in [9.17, 15) is 9.59 Å². The summed E-state index contributed by atoms with van der Waals surface area (Å²) in [4.78, 5) is 22.6. The fourth-order valence-electron chi connectivity index (χ4n) is 1.71. The normalized spacial score (nSPS) is 10.0. The van der Waals surface area contributed by atoms with Crippen molar-refractivity contribution in [1.82, 2.24) is 0 Å². The van der Waals surface area contributed by atoms with Crippen molar-refractivity contribution >= 4 is 28.0 Å². The highest BCUT2D eigenvalue weighted by atomic mass is 79.9. The molecule has 4 nitrogen and oxygen atoms in total. The Kier molecular flexibility index (Phi) is 5.11.